The van der Waals surface area contributed by atoms with Crippen LogP contribution in [0.5, 0.6) is 0 Å². The lowest BCUT2D eigenvalue weighted by atomic mass is 9.64. The minimum absolute atomic E-state index is 0.470. The van der Waals surface area contributed by atoms with Crippen molar-refractivity contribution in [3.05, 3.63) is 210 Å². The summed E-state index contributed by atoms with van der Waals surface area (Å²) >= 11 is 3.80. The Morgan fingerprint density at radius 3 is 1.65 bits per heavy atom. The summed E-state index contributed by atoms with van der Waals surface area (Å²) < 4.78 is 2.41. The van der Waals surface area contributed by atoms with E-state index < -0.39 is 5.41 Å². The van der Waals surface area contributed by atoms with E-state index in [9.17, 15) is 0 Å². The first-order valence-corrected chi connectivity index (χ1v) is 19.4. The molecule has 0 fully saturated rings. The number of aromatic nitrogens is 1. The van der Waals surface area contributed by atoms with E-state index in [0.717, 1.165) is 0 Å². The fraction of sp³-hybridized carbons (Fsp3) is 0.0204. The zero-order valence-electron chi connectivity index (χ0n) is 28.2. The summed E-state index contributed by atoms with van der Waals surface area (Å²) in [5.74, 6) is 0. The van der Waals surface area contributed by atoms with E-state index in [4.69, 9.17) is 0 Å². The van der Waals surface area contributed by atoms with Gasteiger partial charge in [0.15, 0.2) is 0 Å². The molecule has 0 atom stereocenters. The maximum atomic E-state index is 2.50. The molecule has 0 unspecified atom stereocenters. The van der Waals surface area contributed by atoms with Crippen molar-refractivity contribution in [3.8, 4) is 27.9 Å². The van der Waals surface area contributed by atoms with Crippen molar-refractivity contribution in [1.82, 2.24) is 4.57 Å². The molecule has 1 nitrogen and oxygen atoms in total. The highest BCUT2D eigenvalue weighted by molar-refractivity contribution is 8.00. The van der Waals surface area contributed by atoms with Crippen molar-refractivity contribution in [2.75, 3.05) is 0 Å². The first kappa shape index (κ1) is 29.9. The zero-order chi connectivity index (χ0) is 34.2. The van der Waals surface area contributed by atoms with E-state index in [1.807, 2.05) is 23.5 Å². The molecular formula is C49H31NS2. The van der Waals surface area contributed by atoms with Crippen LogP contribution in [0, 0.1) is 0 Å². The van der Waals surface area contributed by atoms with E-state index in [1.54, 1.807) is 0 Å². The number of benzene rings is 8. The van der Waals surface area contributed by atoms with Crippen molar-refractivity contribution < 1.29 is 0 Å². The topological polar surface area (TPSA) is 4.93 Å². The minimum Gasteiger partial charge on any atom is -0.309 e. The third kappa shape index (κ3) is 4.33. The molecule has 2 aliphatic heterocycles. The van der Waals surface area contributed by atoms with Crippen molar-refractivity contribution >= 4 is 45.3 Å². The largest absolute Gasteiger partial charge is 0.309 e. The van der Waals surface area contributed by atoms with Crippen molar-refractivity contribution in [3.63, 3.8) is 0 Å². The zero-order valence-corrected chi connectivity index (χ0v) is 29.8. The molecular weight excluding hydrogens is 667 g/mol. The van der Waals surface area contributed by atoms with Gasteiger partial charge in [-0.15, -0.1) is 0 Å². The Bertz CT molecular complexity index is 2810. The van der Waals surface area contributed by atoms with Gasteiger partial charge in [-0.1, -0.05) is 157 Å². The van der Waals surface area contributed by atoms with Crippen LogP contribution in [0.3, 0.4) is 0 Å². The highest BCUT2D eigenvalue weighted by atomic mass is 32.2. The van der Waals surface area contributed by atoms with Crippen LogP contribution in [0.1, 0.15) is 22.3 Å². The van der Waals surface area contributed by atoms with Gasteiger partial charge in [-0.25, -0.2) is 0 Å². The summed E-state index contributed by atoms with van der Waals surface area (Å²) in [7, 11) is 0. The molecule has 0 amide bonds. The van der Waals surface area contributed by atoms with Crippen molar-refractivity contribution in [2.45, 2.75) is 25.0 Å². The van der Waals surface area contributed by atoms with Crippen LogP contribution < -0.4 is 0 Å². The average molecular weight is 698 g/mol. The molecule has 0 saturated carbocycles. The van der Waals surface area contributed by atoms with Crippen molar-refractivity contribution in [2.24, 2.45) is 0 Å². The summed E-state index contributed by atoms with van der Waals surface area (Å²) in [6, 6.07) is 69.8. The molecule has 0 radical (unpaired) electrons. The van der Waals surface area contributed by atoms with Crippen LogP contribution >= 0.6 is 23.5 Å². The number of hydrogen-bond acceptors (Lipinski definition) is 2. The lowest BCUT2D eigenvalue weighted by Gasteiger charge is -2.45. The minimum atomic E-state index is -0.470. The number of para-hydroxylation sites is 2. The second-order valence-electron chi connectivity index (χ2n) is 13.7. The van der Waals surface area contributed by atoms with Crippen LogP contribution in [0.2, 0.25) is 0 Å². The quantitative estimate of drug-likeness (QED) is 0.181. The number of nitrogens with zero attached hydrogens (tertiary/aromatic N) is 1. The second kappa shape index (κ2) is 11.6. The van der Waals surface area contributed by atoms with Gasteiger partial charge in [0.1, 0.15) is 0 Å². The normalized spacial score (nSPS) is 13.8. The molecule has 1 aromatic heterocycles. The maximum Gasteiger partial charge on any atom is 0.0745 e. The van der Waals surface area contributed by atoms with E-state index >= 15 is 0 Å². The van der Waals surface area contributed by atoms with Gasteiger partial charge in [-0.3, -0.25) is 0 Å². The second-order valence-corrected chi connectivity index (χ2v) is 15.8. The van der Waals surface area contributed by atoms with Crippen LogP contribution in [-0.2, 0) is 5.41 Å². The first-order chi connectivity index (χ1) is 25.8. The highest BCUT2D eigenvalue weighted by Crippen LogP contribution is 2.62. The molecule has 0 N–H and O–H groups in total. The van der Waals surface area contributed by atoms with Crippen LogP contribution in [0.4, 0.5) is 0 Å². The van der Waals surface area contributed by atoms with Gasteiger partial charge in [0.2, 0.25) is 0 Å². The molecule has 9 aromatic rings. The molecule has 3 heterocycles. The maximum absolute atomic E-state index is 2.50. The van der Waals surface area contributed by atoms with Crippen LogP contribution in [0.25, 0.3) is 49.7 Å². The third-order valence-electron chi connectivity index (χ3n) is 10.9. The molecule has 0 saturated heterocycles. The van der Waals surface area contributed by atoms with E-state index in [-0.39, 0.29) is 0 Å². The summed E-state index contributed by atoms with van der Waals surface area (Å²) in [5, 5.41) is 2.54. The monoisotopic (exact) mass is 697 g/mol. The Labute approximate surface area is 311 Å². The predicted molar refractivity (Wildman–Crippen MR) is 218 cm³/mol. The standard InChI is InChI=1S/C49H31NS2/c1-3-13-32(14-4-1)35-24-27-41-48(31-35)52-47-28-25-33(29-42(47)49(41)39-18-8-11-21-45(39)51-46-22-12-9-19-40(46)49)34-23-26-38-37-17-7-10-20-43(37)50(44(38)30-34)36-15-5-2-6-16-36/h1-31H. The average Bonchev–Trinajstić information content (AvgIpc) is 3.55. The molecule has 8 aromatic carbocycles. The summed E-state index contributed by atoms with van der Waals surface area (Å²) in [4.78, 5) is 5.25. The van der Waals surface area contributed by atoms with Gasteiger partial charge in [0.25, 0.3) is 0 Å². The summed E-state index contributed by atoms with van der Waals surface area (Å²) in [6.07, 6.45) is 0. The summed E-state index contributed by atoms with van der Waals surface area (Å²) in [6.45, 7) is 0. The summed E-state index contributed by atoms with van der Waals surface area (Å²) in [5.41, 5.74) is 13.5. The smallest absolute Gasteiger partial charge is 0.0745 e. The molecule has 0 bridgehead atoms. The SMILES string of the molecule is c1ccc(-c2ccc3c(c2)Sc2ccc(-c4ccc5c6ccccc6n(-c6ccccc6)c5c4)cc2C32c3ccccc3Sc3ccccc32)cc1. The Morgan fingerprint density at radius 1 is 0.327 bits per heavy atom. The Kier molecular flexibility index (Phi) is 6.70. The molecule has 2 aliphatic rings. The Balaban J connectivity index is 1.18. The van der Waals surface area contributed by atoms with E-state index in [2.05, 4.69) is 193 Å². The molecule has 11 rings (SSSR count). The van der Waals surface area contributed by atoms with Gasteiger partial charge >= 0.3 is 0 Å². The molecule has 0 aliphatic carbocycles. The van der Waals surface area contributed by atoms with Crippen LogP contribution in [-0.4, -0.2) is 4.57 Å². The van der Waals surface area contributed by atoms with Gasteiger partial charge in [-0.05, 0) is 99.1 Å². The van der Waals surface area contributed by atoms with Gasteiger partial charge in [0, 0.05) is 36.0 Å². The fourth-order valence-electron chi connectivity index (χ4n) is 8.66. The van der Waals surface area contributed by atoms with Gasteiger partial charge in [0.05, 0.1) is 16.4 Å². The number of fused-ring (bicyclic) bond motifs is 11. The first-order valence-electron chi connectivity index (χ1n) is 17.8. The van der Waals surface area contributed by atoms with E-state index in [1.165, 1.54) is 91.6 Å². The van der Waals surface area contributed by atoms with Crippen LogP contribution in [0.15, 0.2) is 208 Å². The van der Waals surface area contributed by atoms with Gasteiger partial charge in [-0.2, -0.15) is 0 Å². The lowest BCUT2D eigenvalue weighted by molar-refractivity contribution is 0.667. The Morgan fingerprint density at radius 2 is 0.865 bits per heavy atom. The molecule has 244 valence electrons. The lowest BCUT2D eigenvalue weighted by Crippen LogP contribution is -2.36. The predicted octanol–water partition coefficient (Wildman–Crippen LogP) is 13.4. The van der Waals surface area contributed by atoms with E-state index in [0.29, 0.717) is 0 Å². The fourth-order valence-corrected chi connectivity index (χ4v) is 11.1. The number of rotatable bonds is 3. The molecule has 1 spiro atoms. The number of hydrogen-bond donors (Lipinski definition) is 0. The highest BCUT2D eigenvalue weighted by Gasteiger charge is 2.48. The Hall–Kier alpha value is -5.74. The van der Waals surface area contributed by atoms with Crippen molar-refractivity contribution in [1.29, 1.82) is 0 Å². The van der Waals surface area contributed by atoms with Gasteiger partial charge < -0.3 is 4.57 Å². The molecule has 52 heavy (non-hydrogen) atoms. The third-order valence-corrected chi connectivity index (χ3v) is 13.2. The molecule has 3 heteroatoms.